The van der Waals surface area contributed by atoms with Crippen LogP contribution in [0.3, 0.4) is 0 Å². The lowest BCUT2D eigenvalue weighted by molar-refractivity contribution is -0.317. The van der Waals surface area contributed by atoms with Crippen molar-refractivity contribution in [1.29, 1.82) is 0 Å². The molecule has 252 valence electrons. The second-order valence-corrected chi connectivity index (χ2v) is 15.7. The van der Waals surface area contributed by atoms with Gasteiger partial charge >= 0.3 is 0 Å². The van der Waals surface area contributed by atoms with Crippen molar-refractivity contribution in [2.75, 3.05) is 6.61 Å². The normalized spacial score (nSPS) is 49.0. The summed E-state index contributed by atoms with van der Waals surface area (Å²) in [5.41, 5.74) is -2.73. The summed E-state index contributed by atoms with van der Waals surface area (Å²) in [4.78, 5) is 13.5. The molecule has 0 unspecified atom stereocenters. The van der Waals surface area contributed by atoms with Crippen LogP contribution in [0.2, 0.25) is 0 Å². The first-order chi connectivity index (χ1) is 20.4. The van der Waals surface area contributed by atoms with Crippen LogP contribution in [0.25, 0.3) is 0 Å². The van der Waals surface area contributed by atoms with E-state index in [-0.39, 0.29) is 30.0 Å². The molecule has 0 aromatic rings. The number of aliphatic hydroxyl groups excluding tert-OH is 6. The Balaban J connectivity index is 1.43. The predicted molar refractivity (Wildman–Crippen MR) is 158 cm³/mol. The zero-order valence-electron chi connectivity index (χ0n) is 26.7. The highest BCUT2D eigenvalue weighted by Crippen LogP contribution is 2.68. The van der Waals surface area contributed by atoms with Crippen molar-refractivity contribution in [3.8, 4) is 0 Å². The summed E-state index contributed by atoms with van der Waals surface area (Å²) in [5.74, 6) is -0.902. The maximum absolute atomic E-state index is 13.5. The minimum atomic E-state index is -1.58. The molecule has 0 aromatic heterocycles. The second-order valence-electron chi connectivity index (χ2n) is 15.7. The summed E-state index contributed by atoms with van der Waals surface area (Å²) in [5, 5.41) is 85.2. The molecule has 4 fully saturated rings. The Hall–Kier alpha value is -0.990. The zero-order valence-corrected chi connectivity index (χ0v) is 26.7. The van der Waals surface area contributed by atoms with Gasteiger partial charge < -0.3 is 50.3 Å². The molecule has 8 N–H and O–H groups in total. The van der Waals surface area contributed by atoms with Crippen molar-refractivity contribution in [1.82, 2.24) is 0 Å². The van der Waals surface area contributed by atoms with E-state index in [1.165, 1.54) is 0 Å². The van der Waals surface area contributed by atoms with Crippen LogP contribution >= 0.6 is 0 Å². The Morgan fingerprint density at radius 2 is 1.70 bits per heavy atom. The van der Waals surface area contributed by atoms with Crippen LogP contribution < -0.4 is 0 Å². The van der Waals surface area contributed by atoms with Gasteiger partial charge in [-0.15, -0.1) is 0 Å². The standard InChI is InChI=1S/C33H54O11/c1-16(24(8-9-30(2,3)41)43-29-28(40)27(39)26(38)25(15-34)44-29)17-7-11-33(42)19-12-21(35)20-13-22(36)23(37)14-31(20,4)18(19)6-10-32(17,33)5/h12,16-18,20,22-29,34,36-42H,6-11,13-15H2,1-5H3/t16-,17+,18-,20-,22+,23-,24+,25+,26-,27-,28+,29+,31+,32+,33+/m0/s1. The number of ketones is 1. The fourth-order valence-corrected chi connectivity index (χ4v) is 9.82. The molecule has 11 nitrogen and oxygen atoms in total. The molecule has 3 saturated carbocycles. The Morgan fingerprint density at radius 3 is 2.34 bits per heavy atom. The number of rotatable bonds is 8. The Bertz CT molecular complexity index is 1100. The van der Waals surface area contributed by atoms with E-state index in [2.05, 4.69) is 6.92 Å². The van der Waals surface area contributed by atoms with Gasteiger partial charge in [0.1, 0.15) is 24.4 Å². The van der Waals surface area contributed by atoms with Crippen molar-refractivity contribution in [3.63, 3.8) is 0 Å². The molecule has 5 rings (SSSR count). The van der Waals surface area contributed by atoms with E-state index in [9.17, 15) is 45.6 Å². The van der Waals surface area contributed by atoms with Crippen molar-refractivity contribution in [3.05, 3.63) is 11.6 Å². The van der Waals surface area contributed by atoms with Crippen molar-refractivity contribution < 1.29 is 55.1 Å². The SMILES string of the molecule is C[C@@H]([C@H]1CC[C@@]2(O)C3=CC(=O)[C@@H]4C[C@@H](O)[C@@H](O)C[C@]4(C)[C@H]3CC[C@]12C)[C@@H](CCC(C)(C)O)O[C@@H]1O[C@H](CO)[C@H](O)[C@H](O)[C@H]1O. The van der Waals surface area contributed by atoms with Gasteiger partial charge in [-0.3, -0.25) is 4.79 Å². The number of hydrogen-bond acceptors (Lipinski definition) is 11. The van der Waals surface area contributed by atoms with Gasteiger partial charge in [0, 0.05) is 11.3 Å². The maximum atomic E-state index is 13.5. The smallest absolute Gasteiger partial charge is 0.186 e. The molecule has 0 amide bonds. The molecule has 4 aliphatic carbocycles. The molecule has 1 heterocycles. The molecular formula is C33H54O11. The van der Waals surface area contributed by atoms with Gasteiger partial charge in [-0.05, 0) is 100 Å². The van der Waals surface area contributed by atoms with Crippen LogP contribution in [-0.2, 0) is 14.3 Å². The summed E-state index contributed by atoms with van der Waals surface area (Å²) >= 11 is 0. The van der Waals surface area contributed by atoms with E-state index in [0.717, 1.165) is 12.0 Å². The average molecular weight is 627 g/mol. The summed E-state index contributed by atoms with van der Waals surface area (Å²) < 4.78 is 12.0. The lowest BCUT2D eigenvalue weighted by atomic mass is 9.46. The maximum Gasteiger partial charge on any atom is 0.186 e. The molecule has 0 radical (unpaired) electrons. The topological polar surface area (TPSA) is 197 Å². The van der Waals surface area contributed by atoms with Crippen LogP contribution in [0, 0.1) is 34.5 Å². The number of aliphatic hydroxyl groups is 8. The molecule has 1 saturated heterocycles. The predicted octanol–water partition coefficient (Wildman–Crippen LogP) is 0.563. The summed E-state index contributed by atoms with van der Waals surface area (Å²) in [6, 6.07) is 0. The average Bonchev–Trinajstić information content (AvgIpc) is 3.23. The van der Waals surface area contributed by atoms with E-state index in [4.69, 9.17) is 9.47 Å². The van der Waals surface area contributed by atoms with Gasteiger partial charge in [-0.2, -0.15) is 0 Å². The Morgan fingerprint density at radius 1 is 1.02 bits per heavy atom. The van der Waals surface area contributed by atoms with Gasteiger partial charge in [0.15, 0.2) is 12.1 Å². The van der Waals surface area contributed by atoms with E-state index in [0.29, 0.717) is 38.5 Å². The number of carbonyl (C=O) groups is 1. The number of hydrogen-bond donors (Lipinski definition) is 8. The lowest BCUT2D eigenvalue weighted by Crippen LogP contribution is -2.61. The molecule has 15 atom stereocenters. The Labute approximate surface area is 259 Å². The molecule has 11 heteroatoms. The zero-order chi connectivity index (χ0) is 32.6. The lowest BCUT2D eigenvalue weighted by Gasteiger charge is -2.60. The minimum absolute atomic E-state index is 0.0783. The molecule has 1 aliphatic heterocycles. The van der Waals surface area contributed by atoms with Gasteiger partial charge in [-0.25, -0.2) is 0 Å². The quantitative estimate of drug-likeness (QED) is 0.187. The first-order valence-corrected chi connectivity index (χ1v) is 16.4. The van der Waals surface area contributed by atoms with Crippen molar-refractivity contribution in [2.45, 2.75) is 146 Å². The molecule has 0 spiro atoms. The van der Waals surface area contributed by atoms with E-state index in [1.54, 1.807) is 19.9 Å². The van der Waals surface area contributed by atoms with Crippen LogP contribution in [0.5, 0.6) is 0 Å². The number of allylic oxidation sites excluding steroid dienone is 1. The van der Waals surface area contributed by atoms with Crippen LogP contribution in [0.1, 0.15) is 86.0 Å². The van der Waals surface area contributed by atoms with Gasteiger partial charge in [0.25, 0.3) is 0 Å². The monoisotopic (exact) mass is 626 g/mol. The summed E-state index contributed by atoms with van der Waals surface area (Å²) in [7, 11) is 0. The Kier molecular flexibility index (Phi) is 9.30. The fraction of sp³-hybridized carbons (Fsp3) is 0.909. The van der Waals surface area contributed by atoms with E-state index >= 15 is 0 Å². The number of carbonyl (C=O) groups excluding carboxylic acids is 1. The van der Waals surface area contributed by atoms with Crippen LogP contribution in [0.15, 0.2) is 11.6 Å². The summed E-state index contributed by atoms with van der Waals surface area (Å²) in [6.45, 7) is 8.92. The van der Waals surface area contributed by atoms with E-state index < -0.39 is 83.6 Å². The second kappa shape index (κ2) is 11.9. The number of ether oxygens (including phenoxy) is 2. The van der Waals surface area contributed by atoms with Gasteiger partial charge in [0.2, 0.25) is 0 Å². The van der Waals surface area contributed by atoms with Crippen LogP contribution in [-0.4, -0.2) is 113 Å². The largest absolute Gasteiger partial charge is 0.394 e. The van der Waals surface area contributed by atoms with E-state index in [1.807, 2.05) is 13.8 Å². The minimum Gasteiger partial charge on any atom is -0.394 e. The van der Waals surface area contributed by atoms with Crippen LogP contribution in [0.4, 0.5) is 0 Å². The highest BCUT2D eigenvalue weighted by Gasteiger charge is 2.67. The van der Waals surface area contributed by atoms with Gasteiger partial charge in [-0.1, -0.05) is 20.8 Å². The molecular weight excluding hydrogens is 572 g/mol. The third-order valence-corrected chi connectivity index (χ3v) is 12.6. The first-order valence-electron chi connectivity index (χ1n) is 16.4. The molecule has 0 aromatic carbocycles. The first kappa shape index (κ1) is 34.3. The van der Waals surface area contributed by atoms with Crippen molar-refractivity contribution in [2.24, 2.45) is 34.5 Å². The van der Waals surface area contributed by atoms with Gasteiger partial charge in [0.05, 0.1) is 36.1 Å². The molecule has 5 aliphatic rings. The molecule has 44 heavy (non-hydrogen) atoms. The van der Waals surface area contributed by atoms with Crippen molar-refractivity contribution >= 4 is 5.78 Å². The third kappa shape index (κ3) is 5.52. The molecule has 0 bridgehead atoms. The third-order valence-electron chi connectivity index (χ3n) is 12.6. The number of fused-ring (bicyclic) bond motifs is 5. The summed E-state index contributed by atoms with van der Waals surface area (Å²) in [6.07, 6.45) is -4.17. The fourth-order valence-electron chi connectivity index (χ4n) is 9.82. The highest BCUT2D eigenvalue weighted by molar-refractivity contribution is 5.95. The highest BCUT2D eigenvalue weighted by atomic mass is 16.7.